The third-order valence-electron chi connectivity index (χ3n) is 3.36. The van der Waals surface area contributed by atoms with Gasteiger partial charge in [-0.3, -0.25) is 0 Å². The molecule has 0 aromatic heterocycles. The Hall–Kier alpha value is -0.380. The number of halogens is 1. The van der Waals surface area contributed by atoms with Crippen LogP contribution in [0.25, 0.3) is 0 Å². The summed E-state index contributed by atoms with van der Waals surface area (Å²) in [6.07, 6.45) is 1.01. The Bertz CT molecular complexity index is 360. The van der Waals surface area contributed by atoms with Crippen molar-refractivity contribution in [3.63, 3.8) is 0 Å². The summed E-state index contributed by atoms with van der Waals surface area (Å²) >= 11 is 3.45. The summed E-state index contributed by atoms with van der Waals surface area (Å²) in [6, 6.07) is 9.04. The smallest absolute Gasteiger partial charge is 0.0307 e. The van der Waals surface area contributed by atoms with Crippen molar-refractivity contribution >= 4 is 15.9 Å². The molecule has 0 aliphatic carbocycles. The van der Waals surface area contributed by atoms with E-state index in [0.29, 0.717) is 12.0 Å². The molecule has 0 amide bonds. The molecule has 1 rings (SSSR count). The quantitative estimate of drug-likeness (QED) is 0.813. The largest absolute Gasteiger partial charge is 0.324 e. The minimum Gasteiger partial charge on any atom is -0.324 e. The van der Waals surface area contributed by atoms with Crippen molar-refractivity contribution in [3.05, 3.63) is 34.3 Å². The van der Waals surface area contributed by atoms with Crippen molar-refractivity contribution in [2.75, 3.05) is 13.1 Å². The molecule has 3 heteroatoms. The summed E-state index contributed by atoms with van der Waals surface area (Å²) in [6.45, 7) is 11.3. The Labute approximate surface area is 126 Å². The Balaban J connectivity index is 2.51. The Kier molecular flexibility index (Phi) is 7.05. The van der Waals surface area contributed by atoms with Crippen LogP contribution < -0.4 is 5.73 Å². The summed E-state index contributed by atoms with van der Waals surface area (Å²) in [5, 5.41) is 0. The molecule has 2 N–H and O–H groups in total. The molecule has 108 valence electrons. The molecule has 0 spiro atoms. The lowest BCUT2D eigenvalue weighted by molar-refractivity contribution is 0.191. The molecule has 1 aromatic carbocycles. The maximum absolute atomic E-state index is 6.28. The number of benzene rings is 1. The van der Waals surface area contributed by atoms with E-state index < -0.39 is 0 Å². The zero-order chi connectivity index (χ0) is 14.4. The van der Waals surface area contributed by atoms with Gasteiger partial charge in [0.1, 0.15) is 0 Å². The monoisotopic (exact) mass is 326 g/mol. The molecule has 0 aliphatic rings. The zero-order valence-corrected chi connectivity index (χ0v) is 14.2. The van der Waals surface area contributed by atoms with E-state index in [1.807, 2.05) is 0 Å². The van der Waals surface area contributed by atoms with Crippen LogP contribution in [-0.2, 0) is 0 Å². The first kappa shape index (κ1) is 16.7. The Morgan fingerprint density at radius 1 is 1.11 bits per heavy atom. The maximum atomic E-state index is 6.28. The molecule has 19 heavy (non-hydrogen) atoms. The van der Waals surface area contributed by atoms with E-state index in [0.717, 1.165) is 24.0 Å². The molecule has 1 unspecified atom stereocenters. The van der Waals surface area contributed by atoms with Gasteiger partial charge in [-0.05, 0) is 43.9 Å². The SMILES string of the molecule is CC(C)CN(CCC(N)c1ccc(Br)cc1)C(C)C. The molecule has 1 aromatic rings. The number of nitrogens with two attached hydrogens (primary N) is 1. The highest BCUT2D eigenvalue weighted by molar-refractivity contribution is 9.10. The molecule has 0 fully saturated rings. The van der Waals surface area contributed by atoms with Crippen molar-refractivity contribution in [3.8, 4) is 0 Å². The molecule has 0 bridgehead atoms. The summed E-state index contributed by atoms with van der Waals surface area (Å²) in [7, 11) is 0. The lowest BCUT2D eigenvalue weighted by Gasteiger charge is -2.29. The van der Waals surface area contributed by atoms with Gasteiger partial charge in [0.25, 0.3) is 0 Å². The van der Waals surface area contributed by atoms with Crippen molar-refractivity contribution in [1.29, 1.82) is 0 Å². The topological polar surface area (TPSA) is 29.3 Å². The minimum atomic E-state index is 0.126. The third-order valence-corrected chi connectivity index (χ3v) is 3.88. The second-order valence-electron chi connectivity index (χ2n) is 5.93. The maximum Gasteiger partial charge on any atom is 0.0307 e. The van der Waals surface area contributed by atoms with Crippen LogP contribution in [0.15, 0.2) is 28.7 Å². The molecule has 0 saturated carbocycles. The first-order chi connectivity index (χ1) is 8.90. The highest BCUT2D eigenvalue weighted by Crippen LogP contribution is 2.18. The van der Waals surface area contributed by atoms with Crippen LogP contribution in [0.3, 0.4) is 0 Å². The second kappa shape index (κ2) is 8.03. The Morgan fingerprint density at radius 3 is 2.16 bits per heavy atom. The van der Waals surface area contributed by atoms with Gasteiger partial charge in [0.05, 0.1) is 0 Å². The van der Waals surface area contributed by atoms with Crippen molar-refractivity contribution in [2.45, 2.75) is 46.2 Å². The number of hydrogen-bond donors (Lipinski definition) is 1. The van der Waals surface area contributed by atoms with E-state index in [2.05, 4.69) is 72.8 Å². The van der Waals surface area contributed by atoms with Crippen molar-refractivity contribution < 1.29 is 0 Å². The molecule has 1 atom stereocenters. The molecular formula is C16H27BrN2. The zero-order valence-electron chi connectivity index (χ0n) is 12.6. The number of nitrogens with zero attached hydrogens (tertiary/aromatic N) is 1. The van der Waals surface area contributed by atoms with E-state index in [9.17, 15) is 0 Å². The summed E-state index contributed by atoms with van der Waals surface area (Å²) in [4.78, 5) is 2.52. The third kappa shape index (κ3) is 6.07. The van der Waals surface area contributed by atoms with Gasteiger partial charge >= 0.3 is 0 Å². The van der Waals surface area contributed by atoms with Gasteiger partial charge in [0.15, 0.2) is 0 Å². The standard InChI is InChI=1S/C16H27BrN2/c1-12(2)11-19(13(3)4)10-9-16(18)14-5-7-15(17)8-6-14/h5-8,12-13,16H,9-11,18H2,1-4H3. The van der Waals surface area contributed by atoms with Gasteiger partial charge in [-0.25, -0.2) is 0 Å². The summed E-state index contributed by atoms with van der Waals surface area (Å²) in [5.41, 5.74) is 7.50. The first-order valence-corrected chi connectivity index (χ1v) is 7.94. The lowest BCUT2D eigenvalue weighted by Crippen LogP contribution is -2.36. The van der Waals surface area contributed by atoms with Crippen LogP contribution in [0.1, 0.15) is 45.7 Å². The van der Waals surface area contributed by atoms with E-state index in [-0.39, 0.29) is 6.04 Å². The van der Waals surface area contributed by atoms with Crippen molar-refractivity contribution in [1.82, 2.24) is 4.90 Å². The summed E-state index contributed by atoms with van der Waals surface area (Å²) in [5.74, 6) is 0.700. The fourth-order valence-electron chi connectivity index (χ4n) is 2.21. The first-order valence-electron chi connectivity index (χ1n) is 7.15. The fraction of sp³-hybridized carbons (Fsp3) is 0.625. The van der Waals surface area contributed by atoms with Gasteiger partial charge in [0, 0.05) is 29.6 Å². The predicted molar refractivity (Wildman–Crippen MR) is 87.2 cm³/mol. The van der Waals surface area contributed by atoms with Gasteiger partial charge in [-0.1, -0.05) is 41.9 Å². The second-order valence-corrected chi connectivity index (χ2v) is 6.84. The van der Waals surface area contributed by atoms with Crippen LogP contribution in [-0.4, -0.2) is 24.0 Å². The van der Waals surface area contributed by atoms with Gasteiger partial charge in [-0.15, -0.1) is 0 Å². The van der Waals surface area contributed by atoms with Gasteiger partial charge < -0.3 is 10.6 Å². The molecule has 0 saturated heterocycles. The van der Waals surface area contributed by atoms with Crippen LogP contribution >= 0.6 is 15.9 Å². The highest BCUT2D eigenvalue weighted by Gasteiger charge is 2.13. The normalized spacial score (nSPS) is 13.5. The minimum absolute atomic E-state index is 0.126. The van der Waals surface area contributed by atoms with Crippen molar-refractivity contribution in [2.24, 2.45) is 11.7 Å². The summed E-state index contributed by atoms with van der Waals surface area (Å²) < 4.78 is 1.10. The average Bonchev–Trinajstić information content (AvgIpc) is 2.34. The van der Waals surface area contributed by atoms with E-state index in [1.165, 1.54) is 5.56 Å². The van der Waals surface area contributed by atoms with Gasteiger partial charge in [-0.2, -0.15) is 0 Å². The van der Waals surface area contributed by atoms with Crippen LogP contribution in [0, 0.1) is 5.92 Å². The number of hydrogen-bond acceptors (Lipinski definition) is 2. The fourth-order valence-corrected chi connectivity index (χ4v) is 2.48. The van der Waals surface area contributed by atoms with Crippen LogP contribution in [0.4, 0.5) is 0 Å². The highest BCUT2D eigenvalue weighted by atomic mass is 79.9. The van der Waals surface area contributed by atoms with Crippen LogP contribution in [0.5, 0.6) is 0 Å². The predicted octanol–water partition coefficient (Wildman–Crippen LogP) is 4.21. The van der Waals surface area contributed by atoms with E-state index >= 15 is 0 Å². The molecule has 0 heterocycles. The molecule has 2 nitrogen and oxygen atoms in total. The van der Waals surface area contributed by atoms with E-state index in [1.54, 1.807) is 0 Å². The molecular weight excluding hydrogens is 300 g/mol. The van der Waals surface area contributed by atoms with Gasteiger partial charge in [0.2, 0.25) is 0 Å². The average molecular weight is 327 g/mol. The molecule has 0 aliphatic heterocycles. The van der Waals surface area contributed by atoms with Crippen LogP contribution in [0.2, 0.25) is 0 Å². The molecule has 0 radical (unpaired) electrons. The van der Waals surface area contributed by atoms with E-state index in [4.69, 9.17) is 5.73 Å². The Morgan fingerprint density at radius 2 is 1.68 bits per heavy atom. The number of rotatable bonds is 7. The lowest BCUT2D eigenvalue weighted by atomic mass is 10.0.